The molecule has 0 bridgehead atoms. The normalized spacial score (nSPS) is 17.9. The number of aryl methyl sites for hydroxylation is 2. The highest BCUT2D eigenvalue weighted by atomic mass is 19.3. The maximum Gasteiger partial charge on any atom is 0.303 e. The molecule has 0 unspecified atom stereocenters. The standard InChI is InChI=1S/C19H22F2N6/c1-11-5-6-26(10-11)17-14-9-22-12(2)7-15(14)27(25-17)16-8-13(3)23-18(24-16)19(4,20)21/h7-9,11H,5-6,10H2,1-4H3/t11-/m0/s1. The number of alkyl halides is 2. The zero-order chi connectivity index (χ0) is 19.3. The molecule has 1 atom stereocenters. The minimum atomic E-state index is -3.12. The lowest BCUT2D eigenvalue weighted by Gasteiger charge is -2.15. The van der Waals surface area contributed by atoms with E-state index in [9.17, 15) is 8.78 Å². The summed E-state index contributed by atoms with van der Waals surface area (Å²) in [4.78, 5) is 14.6. The summed E-state index contributed by atoms with van der Waals surface area (Å²) in [5, 5.41) is 5.65. The predicted molar refractivity (Wildman–Crippen MR) is 99.5 cm³/mol. The van der Waals surface area contributed by atoms with Gasteiger partial charge in [0.05, 0.1) is 10.9 Å². The fourth-order valence-corrected chi connectivity index (χ4v) is 3.49. The van der Waals surface area contributed by atoms with E-state index in [2.05, 4.69) is 26.8 Å². The molecular weight excluding hydrogens is 350 g/mol. The number of aromatic nitrogens is 5. The third-order valence-electron chi connectivity index (χ3n) is 4.86. The smallest absolute Gasteiger partial charge is 0.303 e. The van der Waals surface area contributed by atoms with Gasteiger partial charge in [0.15, 0.2) is 11.6 Å². The number of hydrogen-bond donors (Lipinski definition) is 0. The Bertz CT molecular complexity index is 1010. The average Bonchev–Trinajstić information content (AvgIpc) is 3.16. The molecule has 1 fully saturated rings. The lowest BCUT2D eigenvalue weighted by Crippen LogP contribution is -2.20. The topological polar surface area (TPSA) is 59.7 Å². The van der Waals surface area contributed by atoms with Gasteiger partial charge >= 0.3 is 5.92 Å². The van der Waals surface area contributed by atoms with Gasteiger partial charge in [-0.15, -0.1) is 5.10 Å². The van der Waals surface area contributed by atoms with Gasteiger partial charge in [-0.1, -0.05) is 6.92 Å². The van der Waals surface area contributed by atoms with Crippen molar-refractivity contribution in [2.45, 2.75) is 40.0 Å². The highest BCUT2D eigenvalue weighted by molar-refractivity contribution is 5.91. The summed E-state index contributed by atoms with van der Waals surface area (Å²) < 4.78 is 29.3. The first-order valence-corrected chi connectivity index (χ1v) is 9.07. The van der Waals surface area contributed by atoms with Gasteiger partial charge in [-0.05, 0) is 32.3 Å². The quantitative estimate of drug-likeness (QED) is 0.700. The van der Waals surface area contributed by atoms with Crippen molar-refractivity contribution >= 4 is 16.7 Å². The Kier molecular flexibility index (Phi) is 4.09. The third kappa shape index (κ3) is 3.24. The lowest BCUT2D eigenvalue weighted by atomic mass is 10.2. The molecule has 142 valence electrons. The van der Waals surface area contributed by atoms with Gasteiger partial charge < -0.3 is 4.90 Å². The summed E-state index contributed by atoms with van der Waals surface area (Å²) in [5.41, 5.74) is 2.11. The summed E-state index contributed by atoms with van der Waals surface area (Å²) >= 11 is 0. The molecule has 1 aliphatic heterocycles. The molecule has 1 saturated heterocycles. The Labute approximate surface area is 156 Å². The van der Waals surface area contributed by atoms with Crippen molar-refractivity contribution in [3.8, 4) is 5.82 Å². The van der Waals surface area contributed by atoms with Crippen LogP contribution in [0, 0.1) is 19.8 Å². The summed E-state index contributed by atoms with van der Waals surface area (Å²) in [6, 6.07) is 3.58. The van der Waals surface area contributed by atoms with Crippen LogP contribution in [0.1, 0.15) is 37.5 Å². The third-order valence-corrected chi connectivity index (χ3v) is 4.86. The Morgan fingerprint density at radius 3 is 2.59 bits per heavy atom. The second kappa shape index (κ2) is 6.21. The number of nitrogens with zero attached hydrogens (tertiary/aromatic N) is 6. The number of hydrogen-bond acceptors (Lipinski definition) is 5. The molecule has 0 N–H and O–H groups in total. The summed E-state index contributed by atoms with van der Waals surface area (Å²) in [6.07, 6.45) is 2.91. The first-order valence-electron chi connectivity index (χ1n) is 9.07. The predicted octanol–water partition coefficient (Wildman–Crippen LogP) is 3.79. The van der Waals surface area contributed by atoms with Crippen molar-refractivity contribution in [2.75, 3.05) is 18.0 Å². The van der Waals surface area contributed by atoms with E-state index in [1.807, 2.05) is 13.0 Å². The molecular formula is C19H22F2N6. The van der Waals surface area contributed by atoms with Crippen LogP contribution in [0.3, 0.4) is 0 Å². The van der Waals surface area contributed by atoms with Gasteiger partial charge in [-0.25, -0.2) is 14.6 Å². The molecule has 0 saturated carbocycles. The Morgan fingerprint density at radius 2 is 1.93 bits per heavy atom. The minimum absolute atomic E-state index is 0.341. The van der Waals surface area contributed by atoms with Crippen LogP contribution in [0.15, 0.2) is 18.3 Å². The molecule has 0 radical (unpaired) electrons. The number of pyridine rings is 1. The highest BCUT2D eigenvalue weighted by Crippen LogP contribution is 2.32. The molecule has 3 aromatic heterocycles. The van der Waals surface area contributed by atoms with Crippen LogP contribution in [0.4, 0.5) is 14.6 Å². The Morgan fingerprint density at radius 1 is 1.15 bits per heavy atom. The van der Waals surface area contributed by atoms with Crippen LogP contribution >= 0.6 is 0 Å². The number of halogens is 2. The van der Waals surface area contributed by atoms with E-state index in [0.717, 1.165) is 48.8 Å². The monoisotopic (exact) mass is 372 g/mol. The van der Waals surface area contributed by atoms with E-state index in [1.165, 1.54) is 0 Å². The second-order valence-corrected chi connectivity index (χ2v) is 7.50. The van der Waals surface area contributed by atoms with Crippen LogP contribution in [-0.2, 0) is 5.92 Å². The van der Waals surface area contributed by atoms with Crippen LogP contribution < -0.4 is 4.90 Å². The molecule has 27 heavy (non-hydrogen) atoms. The molecule has 0 amide bonds. The zero-order valence-corrected chi connectivity index (χ0v) is 15.9. The molecule has 1 aliphatic rings. The van der Waals surface area contributed by atoms with E-state index in [4.69, 9.17) is 5.10 Å². The molecule has 8 heteroatoms. The number of fused-ring (bicyclic) bond motifs is 1. The molecule has 4 rings (SSSR count). The van der Waals surface area contributed by atoms with Gasteiger partial charge in [0, 0.05) is 43.7 Å². The van der Waals surface area contributed by atoms with Crippen molar-refractivity contribution < 1.29 is 8.78 Å². The summed E-state index contributed by atoms with van der Waals surface area (Å²) in [7, 11) is 0. The SMILES string of the molecule is Cc1cc2c(cn1)c(N1CC[C@H](C)C1)nn2-c1cc(C)nc(C(C)(F)F)n1. The molecule has 0 aliphatic carbocycles. The van der Waals surface area contributed by atoms with Crippen molar-refractivity contribution in [2.24, 2.45) is 5.92 Å². The Balaban J connectivity index is 1.92. The highest BCUT2D eigenvalue weighted by Gasteiger charge is 2.30. The van der Waals surface area contributed by atoms with Crippen LogP contribution in [0.25, 0.3) is 16.7 Å². The fraction of sp³-hybridized carbons (Fsp3) is 0.474. The van der Waals surface area contributed by atoms with Gasteiger partial charge in [0.25, 0.3) is 0 Å². The van der Waals surface area contributed by atoms with E-state index in [1.54, 1.807) is 23.9 Å². The van der Waals surface area contributed by atoms with E-state index in [0.29, 0.717) is 17.4 Å². The number of rotatable bonds is 3. The van der Waals surface area contributed by atoms with Gasteiger partial charge in [0.1, 0.15) is 0 Å². The first kappa shape index (κ1) is 17.8. The summed E-state index contributed by atoms with van der Waals surface area (Å²) in [5.74, 6) is -1.86. The Hall–Kier alpha value is -2.64. The maximum absolute atomic E-state index is 13.8. The lowest BCUT2D eigenvalue weighted by molar-refractivity contribution is 0.00747. The van der Waals surface area contributed by atoms with Gasteiger partial charge in [-0.3, -0.25) is 4.98 Å². The zero-order valence-electron chi connectivity index (χ0n) is 15.9. The van der Waals surface area contributed by atoms with Crippen LogP contribution in [0.2, 0.25) is 0 Å². The maximum atomic E-state index is 13.8. The first-order chi connectivity index (χ1) is 12.7. The second-order valence-electron chi connectivity index (χ2n) is 7.50. The van der Waals surface area contributed by atoms with Crippen molar-refractivity contribution in [3.63, 3.8) is 0 Å². The molecule has 0 aromatic carbocycles. The van der Waals surface area contributed by atoms with Crippen molar-refractivity contribution in [3.05, 3.63) is 35.5 Å². The van der Waals surface area contributed by atoms with E-state index >= 15 is 0 Å². The molecule has 0 spiro atoms. The van der Waals surface area contributed by atoms with Crippen molar-refractivity contribution in [1.29, 1.82) is 0 Å². The average molecular weight is 372 g/mol. The van der Waals surface area contributed by atoms with Crippen molar-refractivity contribution in [1.82, 2.24) is 24.7 Å². The largest absolute Gasteiger partial charge is 0.354 e. The molecule has 6 nitrogen and oxygen atoms in total. The van der Waals surface area contributed by atoms with E-state index in [-0.39, 0.29) is 0 Å². The molecule has 4 heterocycles. The van der Waals surface area contributed by atoms with E-state index < -0.39 is 11.7 Å². The number of anilines is 1. The molecule has 3 aromatic rings. The summed E-state index contributed by atoms with van der Waals surface area (Å²) in [6.45, 7) is 8.43. The fourth-order valence-electron chi connectivity index (χ4n) is 3.49. The van der Waals surface area contributed by atoms with Crippen LogP contribution in [0.5, 0.6) is 0 Å². The van der Waals surface area contributed by atoms with Crippen LogP contribution in [-0.4, -0.2) is 37.8 Å². The minimum Gasteiger partial charge on any atom is -0.354 e. The van der Waals surface area contributed by atoms with Gasteiger partial charge in [0.2, 0.25) is 5.82 Å². The van der Waals surface area contributed by atoms with Gasteiger partial charge in [-0.2, -0.15) is 8.78 Å².